The lowest BCUT2D eigenvalue weighted by molar-refractivity contribution is 0.0356. The first-order valence-electron chi connectivity index (χ1n) is 12.4. The fourth-order valence-electron chi connectivity index (χ4n) is 3.86. The van der Waals surface area contributed by atoms with Gasteiger partial charge in [0.25, 0.3) is 5.91 Å². The maximum Gasteiger partial charge on any atom is 0.321 e. The van der Waals surface area contributed by atoms with Crippen molar-refractivity contribution < 1.29 is 24.2 Å². The van der Waals surface area contributed by atoms with E-state index in [0.717, 1.165) is 0 Å². The van der Waals surface area contributed by atoms with Crippen molar-refractivity contribution in [2.45, 2.75) is 39.8 Å². The molecule has 1 aliphatic heterocycles. The summed E-state index contributed by atoms with van der Waals surface area (Å²) >= 11 is 0. The van der Waals surface area contributed by atoms with Gasteiger partial charge in [-0.1, -0.05) is 32.6 Å². The van der Waals surface area contributed by atoms with Gasteiger partial charge in [-0.25, -0.2) is 9.78 Å². The quantitative estimate of drug-likeness (QED) is 0.579. The number of carbonyl (C=O) groups is 2. The second-order valence-corrected chi connectivity index (χ2v) is 9.66. The van der Waals surface area contributed by atoms with Crippen molar-refractivity contribution in [2.24, 2.45) is 11.8 Å². The number of aliphatic hydroxyl groups is 1. The zero-order valence-electron chi connectivity index (χ0n) is 22.3. The number of aliphatic hydroxyl groups excluding tert-OH is 1. The van der Waals surface area contributed by atoms with Gasteiger partial charge in [0.2, 0.25) is 5.88 Å². The smallest absolute Gasteiger partial charge is 0.321 e. The third-order valence-electron chi connectivity index (χ3n) is 6.17. The van der Waals surface area contributed by atoms with Crippen LogP contribution in [0.15, 0.2) is 36.5 Å². The molecule has 2 N–H and O–H groups in total. The number of hydrogen-bond acceptors (Lipinski definition) is 6. The third-order valence-corrected chi connectivity index (χ3v) is 6.17. The number of ether oxygens (including phenoxy) is 2. The Morgan fingerprint density at radius 3 is 2.65 bits per heavy atom. The summed E-state index contributed by atoms with van der Waals surface area (Å²) in [6, 6.07) is 8.05. The number of anilines is 1. The average molecular weight is 509 g/mol. The molecule has 37 heavy (non-hydrogen) atoms. The van der Waals surface area contributed by atoms with Crippen LogP contribution in [0.5, 0.6) is 11.6 Å². The number of methoxy groups -OCH3 is 1. The highest BCUT2D eigenvalue weighted by Crippen LogP contribution is 2.27. The van der Waals surface area contributed by atoms with E-state index in [0.29, 0.717) is 23.5 Å². The molecule has 0 unspecified atom stereocenters. The summed E-state index contributed by atoms with van der Waals surface area (Å²) in [4.78, 5) is 34.0. The molecule has 3 amide bonds. The highest BCUT2D eigenvalue weighted by atomic mass is 16.5. The van der Waals surface area contributed by atoms with Crippen molar-refractivity contribution in [2.75, 3.05) is 39.2 Å². The number of urea groups is 1. The van der Waals surface area contributed by atoms with Crippen LogP contribution in [0.3, 0.4) is 0 Å². The van der Waals surface area contributed by atoms with Gasteiger partial charge in [0.05, 0.1) is 26.3 Å². The summed E-state index contributed by atoms with van der Waals surface area (Å²) in [5, 5.41) is 12.7. The van der Waals surface area contributed by atoms with Crippen LogP contribution in [0, 0.1) is 23.7 Å². The molecular weight excluding hydrogens is 472 g/mol. The molecule has 198 valence electrons. The Labute approximate surface area is 218 Å². The van der Waals surface area contributed by atoms with Gasteiger partial charge < -0.3 is 29.7 Å². The van der Waals surface area contributed by atoms with E-state index in [1.807, 2.05) is 20.8 Å². The summed E-state index contributed by atoms with van der Waals surface area (Å²) in [7, 11) is 3.27. The van der Waals surface area contributed by atoms with Gasteiger partial charge in [0.1, 0.15) is 17.4 Å². The van der Waals surface area contributed by atoms with Gasteiger partial charge in [-0.05, 0) is 37.3 Å². The SMILES string of the molecule is COc1ccc(NC(=O)N(C)C[C@H]2Oc3ncc(C#CC(C)C)cc3C(=O)N([C@H](C)CO)C[C@H]2C)cc1. The van der Waals surface area contributed by atoms with Gasteiger partial charge in [-0.2, -0.15) is 0 Å². The fourth-order valence-corrected chi connectivity index (χ4v) is 3.86. The van der Waals surface area contributed by atoms with E-state index in [1.54, 1.807) is 62.5 Å². The maximum absolute atomic E-state index is 13.5. The highest BCUT2D eigenvalue weighted by Gasteiger charge is 2.34. The van der Waals surface area contributed by atoms with Crippen LogP contribution in [0.4, 0.5) is 10.5 Å². The van der Waals surface area contributed by atoms with Gasteiger partial charge in [-0.15, -0.1) is 0 Å². The highest BCUT2D eigenvalue weighted by molar-refractivity contribution is 5.97. The number of amides is 3. The van der Waals surface area contributed by atoms with E-state index in [1.165, 1.54) is 4.90 Å². The summed E-state index contributed by atoms with van der Waals surface area (Å²) in [6.07, 6.45) is 1.14. The second-order valence-electron chi connectivity index (χ2n) is 9.66. The van der Waals surface area contributed by atoms with E-state index >= 15 is 0 Å². The van der Waals surface area contributed by atoms with Crippen LogP contribution in [0.2, 0.25) is 0 Å². The number of aromatic nitrogens is 1. The first-order valence-corrected chi connectivity index (χ1v) is 12.4. The summed E-state index contributed by atoms with van der Waals surface area (Å²) < 4.78 is 11.4. The van der Waals surface area contributed by atoms with Crippen LogP contribution >= 0.6 is 0 Å². The Bertz CT molecular complexity index is 1160. The Balaban J connectivity index is 1.85. The van der Waals surface area contributed by atoms with Gasteiger partial charge >= 0.3 is 6.03 Å². The molecule has 0 bridgehead atoms. The second kappa shape index (κ2) is 12.5. The van der Waals surface area contributed by atoms with E-state index < -0.39 is 12.1 Å². The number of fused-ring (bicyclic) bond motifs is 1. The predicted octanol–water partition coefficient (Wildman–Crippen LogP) is 3.48. The molecule has 2 heterocycles. The van der Waals surface area contributed by atoms with Crippen LogP contribution in [-0.4, -0.2) is 77.8 Å². The third kappa shape index (κ3) is 7.14. The van der Waals surface area contributed by atoms with Crippen molar-refractivity contribution in [1.29, 1.82) is 0 Å². The Hall–Kier alpha value is -3.77. The van der Waals surface area contributed by atoms with Gasteiger partial charge in [0, 0.05) is 42.9 Å². The zero-order chi connectivity index (χ0) is 27.1. The molecule has 9 nitrogen and oxygen atoms in total. The molecule has 2 aromatic rings. The lowest BCUT2D eigenvalue weighted by Gasteiger charge is -2.37. The minimum atomic E-state index is -0.452. The molecule has 3 atom stereocenters. The van der Waals surface area contributed by atoms with Crippen molar-refractivity contribution >= 4 is 17.6 Å². The molecule has 3 rings (SSSR count). The number of rotatable bonds is 6. The number of nitrogens with zero attached hydrogens (tertiary/aromatic N) is 3. The van der Waals surface area contributed by atoms with Crippen LogP contribution < -0.4 is 14.8 Å². The summed E-state index contributed by atoms with van der Waals surface area (Å²) in [6.45, 7) is 8.16. The number of likely N-dealkylation sites (N-methyl/N-ethyl adjacent to an activating group) is 1. The molecule has 0 aliphatic carbocycles. The molecule has 0 saturated carbocycles. The first-order chi connectivity index (χ1) is 17.6. The normalized spacial score (nSPS) is 17.9. The Kier molecular flexibility index (Phi) is 9.36. The van der Waals surface area contributed by atoms with E-state index in [4.69, 9.17) is 9.47 Å². The molecular formula is C28H36N4O5. The molecule has 1 aromatic heterocycles. The Morgan fingerprint density at radius 2 is 2.03 bits per heavy atom. The molecule has 1 aliphatic rings. The van der Waals surface area contributed by atoms with Crippen molar-refractivity contribution in [1.82, 2.24) is 14.8 Å². The molecule has 0 fully saturated rings. The molecule has 0 saturated heterocycles. The molecule has 9 heteroatoms. The molecule has 1 aromatic carbocycles. The van der Waals surface area contributed by atoms with E-state index in [9.17, 15) is 14.7 Å². The number of pyridine rings is 1. The van der Waals surface area contributed by atoms with Crippen LogP contribution in [-0.2, 0) is 0 Å². The zero-order valence-corrected chi connectivity index (χ0v) is 22.3. The molecule has 0 spiro atoms. The van der Waals surface area contributed by atoms with Crippen molar-refractivity contribution in [3.63, 3.8) is 0 Å². The fraction of sp³-hybridized carbons (Fsp3) is 0.464. The largest absolute Gasteiger partial charge is 0.497 e. The lowest BCUT2D eigenvalue weighted by Crippen LogP contribution is -2.50. The van der Waals surface area contributed by atoms with Crippen molar-refractivity contribution in [3.05, 3.63) is 47.7 Å². The maximum atomic E-state index is 13.5. The number of carbonyl (C=O) groups excluding carboxylic acids is 2. The number of benzene rings is 1. The number of nitrogens with one attached hydrogen (secondary N) is 1. The van der Waals surface area contributed by atoms with Crippen LogP contribution in [0.1, 0.15) is 43.6 Å². The molecule has 0 radical (unpaired) electrons. The van der Waals surface area contributed by atoms with Crippen molar-refractivity contribution in [3.8, 4) is 23.5 Å². The summed E-state index contributed by atoms with van der Waals surface area (Å²) in [5.74, 6) is 6.77. The average Bonchev–Trinajstić information content (AvgIpc) is 2.89. The van der Waals surface area contributed by atoms with E-state index in [2.05, 4.69) is 22.1 Å². The Morgan fingerprint density at radius 1 is 1.32 bits per heavy atom. The van der Waals surface area contributed by atoms with E-state index in [-0.39, 0.29) is 48.4 Å². The standard InChI is InChI=1S/C28H36N4O5/c1-18(2)7-8-21-13-24-26(29-14-21)37-25(19(3)15-32(27(24)34)20(4)17-33)16-31(5)28(35)30-22-9-11-23(36-6)12-10-22/h9-14,18-20,25,33H,15-17H2,1-6H3,(H,30,35)/t19-,20-,25-/m1/s1. The van der Waals surface area contributed by atoms with Gasteiger partial charge in [0.15, 0.2) is 0 Å². The summed E-state index contributed by atoms with van der Waals surface area (Å²) in [5.41, 5.74) is 1.54. The van der Waals surface area contributed by atoms with Gasteiger partial charge in [-0.3, -0.25) is 4.79 Å². The van der Waals surface area contributed by atoms with Crippen LogP contribution in [0.25, 0.3) is 0 Å². The monoisotopic (exact) mass is 508 g/mol. The minimum Gasteiger partial charge on any atom is -0.497 e. The minimum absolute atomic E-state index is 0.149. The predicted molar refractivity (Wildman–Crippen MR) is 142 cm³/mol. The topological polar surface area (TPSA) is 104 Å². The first kappa shape index (κ1) is 27.8. The lowest BCUT2D eigenvalue weighted by atomic mass is 10.00. The number of hydrogen-bond donors (Lipinski definition) is 2.